The van der Waals surface area contributed by atoms with Crippen LogP contribution in [0.25, 0.3) is 0 Å². The molecular formula is C15H13BrF3N. The van der Waals surface area contributed by atoms with Crippen molar-refractivity contribution in [2.45, 2.75) is 13.0 Å². The third-order valence-electron chi connectivity index (χ3n) is 2.95. The average Bonchev–Trinajstić information content (AvgIpc) is 2.40. The zero-order valence-corrected chi connectivity index (χ0v) is 12.3. The Bertz CT molecular complexity index is 616. The van der Waals surface area contributed by atoms with Crippen LogP contribution in [0, 0.1) is 17.5 Å². The predicted octanol–water partition coefficient (Wildman–Crippen LogP) is 4.57. The van der Waals surface area contributed by atoms with Gasteiger partial charge in [-0.1, -0.05) is 28.9 Å². The van der Waals surface area contributed by atoms with Crippen LogP contribution in [0.4, 0.5) is 13.2 Å². The first-order chi connectivity index (χ1) is 9.52. The smallest absolute Gasteiger partial charge is 0.131 e. The van der Waals surface area contributed by atoms with E-state index in [9.17, 15) is 13.2 Å². The van der Waals surface area contributed by atoms with Crippen LogP contribution in [-0.2, 0) is 0 Å². The minimum Gasteiger partial charge on any atom is -0.306 e. The monoisotopic (exact) mass is 343 g/mol. The molecule has 0 heterocycles. The van der Waals surface area contributed by atoms with Crippen LogP contribution in [0.1, 0.15) is 24.1 Å². The van der Waals surface area contributed by atoms with Crippen molar-refractivity contribution in [1.82, 2.24) is 5.32 Å². The quantitative estimate of drug-likeness (QED) is 0.857. The highest BCUT2D eigenvalue weighted by atomic mass is 79.9. The van der Waals surface area contributed by atoms with Gasteiger partial charge < -0.3 is 5.32 Å². The lowest BCUT2D eigenvalue weighted by Crippen LogP contribution is -2.24. The molecule has 2 aromatic rings. The van der Waals surface area contributed by atoms with E-state index in [1.54, 1.807) is 12.1 Å². The third kappa shape index (κ3) is 3.22. The van der Waals surface area contributed by atoms with Crippen molar-refractivity contribution in [1.29, 1.82) is 0 Å². The molecule has 1 unspecified atom stereocenters. The minimum atomic E-state index is -0.699. The van der Waals surface area contributed by atoms with Gasteiger partial charge >= 0.3 is 0 Å². The molecule has 0 spiro atoms. The topological polar surface area (TPSA) is 12.0 Å². The van der Waals surface area contributed by atoms with Gasteiger partial charge in [0.25, 0.3) is 0 Å². The number of hydrogen-bond donors (Lipinski definition) is 1. The molecule has 2 aromatic carbocycles. The van der Waals surface area contributed by atoms with Gasteiger partial charge in [-0.05, 0) is 30.8 Å². The first-order valence-corrected chi connectivity index (χ1v) is 6.95. The second-order valence-corrected chi connectivity index (χ2v) is 5.24. The largest absolute Gasteiger partial charge is 0.306 e. The average molecular weight is 344 g/mol. The fraction of sp³-hybridized carbons (Fsp3) is 0.200. The fourth-order valence-electron chi connectivity index (χ4n) is 2.06. The van der Waals surface area contributed by atoms with E-state index in [0.717, 1.165) is 6.07 Å². The SMILES string of the molecule is CCNC(c1ccc(F)cc1F)c1cc(Br)ccc1F. The normalized spacial score (nSPS) is 12.4. The van der Waals surface area contributed by atoms with Gasteiger partial charge in [-0.15, -0.1) is 0 Å². The molecule has 0 radical (unpaired) electrons. The van der Waals surface area contributed by atoms with Crippen molar-refractivity contribution in [2.75, 3.05) is 6.54 Å². The molecule has 106 valence electrons. The lowest BCUT2D eigenvalue weighted by atomic mass is 9.97. The van der Waals surface area contributed by atoms with E-state index in [0.29, 0.717) is 16.6 Å². The molecule has 0 amide bonds. The fourth-order valence-corrected chi connectivity index (χ4v) is 2.44. The van der Waals surface area contributed by atoms with Gasteiger partial charge in [-0.3, -0.25) is 0 Å². The Balaban J connectivity index is 2.53. The van der Waals surface area contributed by atoms with E-state index >= 15 is 0 Å². The van der Waals surface area contributed by atoms with Gasteiger partial charge in [0.15, 0.2) is 0 Å². The number of benzene rings is 2. The van der Waals surface area contributed by atoms with Crippen LogP contribution in [0.2, 0.25) is 0 Å². The Morgan fingerprint density at radius 3 is 2.40 bits per heavy atom. The number of halogens is 4. The Kier molecular flexibility index (Phi) is 4.83. The lowest BCUT2D eigenvalue weighted by molar-refractivity contribution is 0.521. The Morgan fingerprint density at radius 1 is 1.00 bits per heavy atom. The first-order valence-electron chi connectivity index (χ1n) is 6.16. The van der Waals surface area contributed by atoms with Gasteiger partial charge in [0.1, 0.15) is 17.5 Å². The second kappa shape index (κ2) is 6.41. The Hall–Kier alpha value is -1.33. The third-order valence-corrected chi connectivity index (χ3v) is 3.44. The molecular weight excluding hydrogens is 331 g/mol. The molecule has 0 aromatic heterocycles. The van der Waals surface area contributed by atoms with Crippen molar-refractivity contribution in [3.63, 3.8) is 0 Å². The molecule has 1 N–H and O–H groups in total. The Labute approximate surface area is 123 Å². The molecule has 0 saturated heterocycles. The van der Waals surface area contributed by atoms with Gasteiger partial charge in [-0.25, -0.2) is 13.2 Å². The summed E-state index contributed by atoms with van der Waals surface area (Å²) in [6.45, 7) is 2.36. The van der Waals surface area contributed by atoms with E-state index in [2.05, 4.69) is 21.2 Å². The summed E-state index contributed by atoms with van der Waals surface area (Å²) in [5.41, 5.74) is 0.525. The van der Waals surface area contributed by atoms with Crippen LogP contribution in [0.3, 0.4) is 0 Å². The zero-order valence-electron chi connectivity index (χ0n) is 10.8. The maximum atomic E-state index is 14.0. The van der Waals surface area contributed by atoms with Crippen LogP contribution >= 0.6 is 15.9 Å². The van der Waals surface area contributed by atoms with Crippen LogP contribution in [0.15, 0.2) is 40.9 Å². The summed E-state index contributed by atoms with van der Waals surface area (Å²) < 4.78 is 41.6. The number of hydrogen-bond acceptors (Lipinski definition) is 1. The molecule has 0 aliphatic rings. The van der Waals surface area contributed by atoms with E-state index in [1.165, 1.54) is 18.2 Å². The molecule has 5 heteroatoms. The summed E-state index contributed by atoms with van der Waals surface area (Å²) in [7, 11) is 0. The molecule has 20 heavy (non-hydrogen) atoms. The highest BCUT2D eigenvalue weighted by molar-refractivity contribution is 9.10. The zero-order chi connectivity index (χ0) is 14.7. The molecule has 1 atom stereocenters. The van der Waals surface area contributed by atoms with E-state index in [-0.39, 0.29) is 5.56 Å². The van der Waals surface area contributed by atoms with Crippen LogP contribution in [0.5, 0.6) is 0 Å². The standard InChI is InChI=1S/C15H13BrF3N/c1-2-20-15(11-5-4-10(17)8-14(11)19)12-7-9(16)3-6-13(12)18/h3-8,15,20H,2H2,1H3. The van der Waals surface area contributed by atoms with Gasteiger partial charge in [0, 0.05) is 21.7 Å². The maximum Gasteiger partial charge on any atom is 0.131 e. The molecule has 0 bridgehead atoms. The van der Waals surface area contributed by atoms with Crippen molar-refractivity contribution in [3.8, 4) is 0 Å². The summed E-state index contributed by atoms with van der Waals surface area (Å²) in [6.07, 6.45) is 0. The number of nitrogens with one attached hydrogen (secondary N) is 1. The lowest BCUT2D eigenvalue weighted by Gasteiger charge is -2.20. The minimum absolute atomic E-state index is 0.213. The van der Waals surface area contributed by atoms with E-state index in [1.807, 2.05) is 6.92 Å². The van der Waals surface area contributed by atoms with Crippen molar-refractivity contribution in [2.24, 2.45) is 0 Å². The summed E-state index contributed by atoms with van der Waals surface area (Å²) in [4.78, 5) is 0. The van der Waals surface area contributed by atoms with Crippen molar-refractivity contribution in [3.05, 3.63) is 69.4 Å². The van der Waals surface area contributed by atoms with Crippen molar-refractivity contribution >= 4 is 15.9 Å². The van der Waals surface area contributed by atoms with E-state index in [4.69, 9.17) is 0 Å². The molecule has 0 aliphatic carbocycles. The molecule has 1 nitrogen and oxygen atoms in total. The van der Waals surface area contributed by atoms with E-state index < -0.39 is 23.5 Å². The van der Waals surface area contributed by atoms with Gasteiger partial charge in [0.05, 0.1) is 6.04 Å². The van der Waals surface area contributed by atoms with Crippen molar-refractivity contribution < 1.29 is 13.2 Å². The summed E-state index contributed by atoms with van der Waals surface area (Å²) in [5.74, 6) is -1.80. The molecule has 0 aliphatic heterocycles. The summed E-state index contributed by atoms with van der Waals surface area (Å²) >= 11 is 3.27. The highest BCUT2D eigenvalue weighted by Gasteiger charge is 2.20. The van der Waals surface area contributed by atoms with Crippen LogP contribution < -0.4 is 5.32 Å². The predicted molar refractivity (Wildman–Crippen MR) is 76.0 cm³/mol. The first kappa shape index (κ1) is 15.1. The molecule has 2 rings (SSSR count). The summed E-state index contributed by atoms with van der Waals surface area (Å²) in [5, 5.41) is 3.02. The highest BCUT2D eigenvalue weighted by Crippen LogP contribution is 2.29. The molecule has 0 fully saturated rings. The van der Waals surface area contributed by atoms with Gasteiger partial charge in [0.2, 0.25) is 0 Å². The Morgan fingerprint density at radius 2 is 1.75 bits per heavy atom. The molecule has 0 saturated carbocycles. The van der Waals surface area contributed by atoms with Gasteiger partial charge in [-0.2, -0.15) is 0 Å². The number of rotatable bonds is 4. The summed E-state index contributed by atoms with van der Waals surface area (Å²) in [6, 6.07) is 7.10. The maximum absolute atomic E-state index is 14.0. The second-order valence-electron chi connectivity index (χ2n) is 4.32. The van der Waals surface area contributed by atoms with Crippen LogP contribution in [-0.4, -0.2) is 6.54 Å².